The fourth-order valence-electron chi connectivity index (χ4n) is 3.46. The second kappa shape index (κ2) is 7.27. The number of carbonyl (C=O) groups is 1. The lowest BCUT2D eigenvalue weighted by atomic mass is 10.1. The van der Waals surface area contributed by atoms with Crippen LogP contribution in [0.4, 0.5) is 0 Å². The van der Waals surface area contributed by atoms with E-state index < -0.39 is 0 Å². The molecule has 1 aromatic heterocycles. The number of nitrogens with one attached hydrogen (secondary N) is 1. The van der Waals surface area contributed by atoms with Crippen LogP contribution < -0.4 is 10.1 Å². The van der Waals surface area contributed by atoms with Gasteiger partial charge in [0.15, 0.2) is 0 Å². The van der Waals surface area contributed by atoms with Crippen molar-refractivity contribution >= 4 is 5.91 Å². The van der Waals surface area contributed by atoms with E-state index in [0.29, 0.717) is 11.7 Å². The molecule has 132 valence electrons. The largest absolute Gasteiger partial charge is 0.490 e. The van der Waals surface area contributed by atoms with Crippen molar-refractivity contribution in [3.05, 3.63) is 42.2 Å². The Labute approximate surface area is 147 Å². The van der Waals surface area contributed by atoms with Gasteiger partial charge in [0.1, 0.15) is 11.9 Å². The average Bonchev–Trinajstić information content (AvgIpc) is 3.35. The van der Waals surface area contributed by atoms with Gasteiger partial charge in [0.05, 0.1) is 17.4 Å². The van der Waals surface area contributed by atoms with E-state index >= 15 is 0 Å². The van der Waals surface area contributed by atoms with E-state index in [1.165, 1.54) is 0 Å². The molecule has 2 aliphatic heterocycles. The lowest BCUT2D eigenvalue weighted by Gasteiger charge is -2.23. The van der Waals surface area contributed by atoms with Gasteiger partial charge in [0.25, 0.3) is 5.91 Å². The van der Waals surface area contributed by atoms with Crippen molar-refractivity contribution in [3.8, 4) is 11.4 Å². The number of amides is 1. The van der Waals surface area contributed by atoms with Crippen molar-refractivity contribution in [2.45, 2.75) is 31.8 Å². The first-order valence-corrected chi connectivity index (χ1v) is 9.11. The molecule has 1 aromatic carbocycles. The standard InChI is InChI=1S/C19H24N4O2/c24-19(22-11-1-2-12-22)15-13-21-23(14-15)16-3-5-17(6-4-16)25-18-7-9-20-10-8-18/h3-6,13-14,18,20H,1-2,7-12H2. The molecule has 0 atom stereocenters. The Morgan fingerprint density at radius 2 is 1.84 bits per heavy atom. The Bertz CT molecular complexity index is 713. The molecular weight excluding hydrogens is 316 g/mol. The van der Waals surface area contributed by atoms with Crippen molar-refractivity contribution < 1.29 is 9.53 Å². The van der Waals surface area contributed by atoms with Crippen molar-refractivity contribution in [1.29, 1.82) is 0 Å². The first kappa shape index (κ1) is 16.1. The Morgan fingerprint density at radius 1 is 1.12 bits per heavy atom. The van der Waals surface area contributed by atoms with Gasteiger partial charge in [-0.1, -0.05) is 0 Å². The maximum atomic E-state index is 12.4. The number of piperidine rings is 1. The molecule has 0 radical (unpaired) electrons. The number of hydrogen-bond acceptors (Lipinski definition) is 4. The lowest BCUT2D eigenvalue weighted by Crippen LogP contribution is -2.34. The van der Waals surface area contributed by atoms with Crippen molar-refractivity contribution in [2.75, 3.05) is 26.2 Å². The SMILES string of the molecule is O=C(c1cnn(-c2ccc(OC3CCNCC3)cc2)c1)N1CCCC1. The molecule has 0 bridgehead atoms. The van der Waals surface area contributed by atoms with Crippen LogP contribution in [0.2, 0.25) is 0 Å². The molecule has 6 nitrogen and oxygen atoms in total. The molecule has 0 saturated carbocycles. The number of hydrogen-bond donors (Lipinski definition) is 1. The molecule has 2 fully saturated rings. The predicted molar refractivity (Wildman–Crippen MR) is 95.2 cm³/mol. The summed E-state index contributed by atoms with van der Waals surface area (Å²) in [6, 6.07) is 7.91. The van der Waals surface area contributed by atoms with Crippen LogP contribution in [-0.4, -0.2) is 52.9 Å². The van der Waals surface area contributed by atoms with Crippen molar-refractivity contribution in [2.24, 2.45) is 0 Å². The smallest absolute Gasteiger partial charge is 0.257 e. The molecule has 6 heteroatoms. The topological polar surface area (TPSA) is 59.4 Å². The summed E-state index contributed by atoms with van der Waals surface area (Å²) < 4.78 is 7.77. The van der Waals surface area contributed by atoms with E-state index in [0.717, 1.165) is 63.3 Å². The van der Waals surface area contributed by atoms with Gasteiger partial charge in [0, 0.05) is 19.3 Å². The summed E-state index contributed by atoms with van der Waals surface area (Å²) >= 11 is 0. The zero-order chi connectivity index (χ0) is 17.1. The molecule has 2 saturated heterocycles. The van der Waals surface area contributed by atoms with Crippen LogP contribution in [0.1, 0.15) is 36.0 Å². The van der Waals surface area contributed by atoms with E-state index in [4.69, 9.17) is 4.74 Å². The minimum atomic E-state index is 0.0783. The second-order valence-corrected chi connectivity index (χ2v) is 6.73. The van der Waals surface area contributed by atoms with Crippen LogP contribution in [0.3, 0.4) is 0 Å². The summed E-state index contributed by atoms with van der Waals surface area (Å²) in [5, 5.41) is 7.68. The Morgan fingerprint density at radius 3 is 2.56 bits per heavy atom. The Hall–Kier alpha value is -2.34. The molecule has 0 spiro atoms. The van der Waals surface area contributed by atoms with Crippen LogP contribution in [0.5, 0.6) is 5.75 Å². The van der Waals surface area contributed by atoms with Gasteiger partial charge in [-0.3, -0.25) is 4.79 Å². The molecule has 4 rings (SSSR count). The fourth-order valence-corrected chi connectivity index (χ4v) is 3.46. The van der Waals surface area contributed by atoms with E-state index in [-0.39, 0.29) is 5.91 Å². The number of carbonyl (C=O) groups excluding carboxylic acids is 1. The van der Waals surface area contributed by atoms with E-state index in [9.17, 15) is 4.79 Å². The highest BCUT2D eigenvalue weighted by Gasteiger charge is 2.21. The number of ether oxygens (including phenoxy) is 1. The quantitative estimate of drug-likeness (QED) is 0.927. The number of aromatic nitrogens is 2. The molecule has 2 aliphatic rings. The number of benzene rings is 1. The normalized spacial score (nSPS) is 18.5. The maximum absolute atomic E-state index is 12.4. The molecule has 0 aliphatic carbocycles. The van der Waals surface area contributed by atoms with Crippen molar-refractivity contribution in [1.82, 2.24) is 20.0 Å². The first-order valence-electron chi connectivity index (χ1n) is 9.11. The van der Waals surface area contributed by atoms with Gasteiger partial charge in [-0.05, 0) is 63.0 Å². The van der Waals surface area contributed by atoms with Gasteiger partial charge < -0.3 is 15.0 Å². The summed E-state index contributed by atoms with van der Waals surface area (Å²) in [6.45, 7) is 3.74. The second-order valence-electron chi connectivity index (χ2n) is 6.73. The molecule has 1 amide bonds. The van der Waals surface area contributed by atoms with Gasteiger partial charge in [-0.25, -0.2) is 4.68 Å². The zero-order valence-corrected chi connectivity index (χ0v) is 14.4. The highest BCUT2D eigenvalue weighted by Crippen LogP contribution is 2.20. The van der Waals surface area contributed by atoms with Crippen LogP contribution in [-0.2, 0) is 0 Å². The highest BCUT2D eigenvalue weighted by atomic mass is 16.5. The van der Waals surface area contributed by atoms with E-state index in [1.807, 2.05) is 35.4 Å². The monoisotopic (exact) mass is 340 g/mol. The molecule has 25 heavy (non-hydrogen) atoms. The summed E-state index contributed by atoms with van der Waals surface area (Å²) in [4.78, 5) is 14.3. The minimum Gasteiger partial charge on any atom is -0.490 e. The molecule has 1 N–H and O–H groups in total. The number of likely N-dealkylation sites (tertiary alicyclic amines) is 1. The van der Waals surface area contributed by atoms with Crippen LogP contribution >= 0.6 is 0 Å². The van der Waals surface area contributed by atoms with Crippen LogP contribution in [0.25, 0.3) is 5.69 Å². The van der Waals surface area contributed by atoms with Crippen LogP contribution in [0, 0.1) is 0 Å². The lowest BCUT2D eigenvalue weighted by molar-refractivity contribution is 0.0793. The summed E-state index contributed by atoms with van der Waals surface area (Å²) in [5.74, 6) is 0.964. The zero-order valence-electron chi connectivity index (χ0n) is 14.4. The third-order valence-corrected chi connectivity index (χ3v) is 4.91. The van der Waals surface area contributed by atoms with Gasteiger partial charge >= 0.3 is 0 Å². The van der Waals surface area contributed by atoms with Gasteiger partial charge in [-0.15, -0.1) is 0 Å². The molecule has 0 unspecified atom stereocenters. The van der Waals surface area contributed by atoms with Gasteiger partial charge in [0.2, 0.25) is 0 Å². The highest BCUT2D eigenvalue weighted by molar-refractivity contribution is 5.94. The molecular formula is C19H24N4O2. The van der Waals surface area contributed by atoms with E-state index in [1.54, 1.807) is 10.9 Å². The maximum Gasteiger partial charge on any atom is 0.257 e. The Kier molecular flexibility index (Phi) is 4.70. The third kappa shape index (κ3) is 3.69. The number of nitrogens with zero attached hydrogens (tertiary/aromatic N) is 3. The molecule has 2 aromatic rings. The summed E-state index contributed by atoms with van der Waals surface area (Å²) in [6.07, 6.45) is 8.04. The van der Waals surface area contributed by atoms with Gasteiger partial charge in [-0.2, -0.15) is 5.10 Å². The Balaban J connectivity index is 1.42. The number of rotatable bonds is 4. The predicted octanol–water partition coefficient (Wildman–Crippen LogP) is 2.24. The van der Waals surface area contributed by atoms with Crippen LogP contribution in [0.15, 0.2) is 36.7 Å². The molecule has 3 heterocycles. The first-order chi connectivity index (χ1) is 12.3. The van der Waals surface area contributed by atoms with E-state index in [2.05, 4.69) is 10.4 Å². The summed E-state index contributed by atoms with van der Waals surface area (Å²) in [7, 11) is 0. The average molecular weight is 340 g/mol. The summed E-state index contributed by atoms with van der Waals surface area (Å²) in [5.41, 5.74) is 1.58. The van der Waals surface area contributed by atoms with Crippen molar-refractivity contribution in [3.63, 3.8) is 0 Å². The third-order valence-electron chi connectivity index (χ3n) is 4.91. The fraction of sp³-hybridized carbons (Fsp3) is 0.474. The minimum absolute atomic E-state index is 0.0783.